The minimum absolute atomic E-state index is 0.151. The van der Waals surface area contributed by atoms with Crippen molar-refractivity contribution < 1.29 is 24.2 Å². The average molecular weight is 589 g/mol. The number of piperidine rings is 2. The maximum atomic E-state index is 13.3. The van der Waals surface area contributed by atoms with Gasteiger partial charge in [-0.2, -0.15) is 0 Å². The van der Waals surface area contributed by atoms with Crippen LogP contribution in [0.15, 0.2) is 29.1 Å². The summed E-state index contributed by atoms with van der Waals surface area (Å²) in [4.78, 5) is 47.6. The molecule has 2 fully saturated rings. The number of esters is 1. The molecule has 3 aromatic rings. The number of hydrogen-bond donors (Lipinski definition) is 1. The Hall–Kier alpha value is -3.76. The van der Waals surface area contributed by atoms with E-state index >= 15 is 0 Å². The molecular weight excluding hydrogens is 548 g/mol. The number of fused-ring (bicyclic) bond motifs is 5. The predicted octanol–water partition coefficient (Wildman–Crippen LogP) is 4.55. The number of benzene rings is 1. The van der Waals surface area contributed by atoms with E-state index in [1.54, 1.807) is 21.6 Å². The number of carbonyl (C=O) groups is 2. The number of hydrogen-bond acceptors (Lipinski definition) is 8. The maximum absolute atomic E-state index is 13.3. The van der Waals surface area contributed by atoms with Crippen molar-refractivity contribution in [1.82, 2.24) is 19.4 Å². The standard InChI is InChI=1S/C31H34N4O6.C2H6/c1-2-20-21-14-19(41-31(39)34-12-8-18(9-13-34)33-10-4-3-5-11-33)6-7-25(21)32-27-23(20)16-35-26(27)15-22-24(29(35)37)17-40-30(38)28(22)36;1-2/h6-7,14-15,18,28,36H,2-5,8-13,16-17H2,1H3;1-2H3/t28-;/m0./s1. The van der Waals surface area contributed by atoms with Gasteiger partial charge in [0.1, 0.15) is 12.4 Å². The van der Waals surface area contributed by atoms with E-state index in [4.69, 9.17) is 14.5 Å². The number of aliphatic hydroxyl groups is 1. The molecule has 2 aromatic heterocycles. The molecule has 4 aliphatic rings. The Labute approximate surface area is 251 Å². The maximum Gasteiger partial charge on any atom is 0.415 e. The van der Waals surface area contributed by atoms with Crippen LogP contribution in [-0.2, 0) is 29.1 Å². The summed E-state index contributed by atoms with van der Waals surface area (Å²) in [6, 6.07) is 7.71. The van der Waals surface area contributed by atoms with E-state index in [1.807, 2.05) is 32.9 Å². The van der Waals surface area contributed by atoms with Crippen molar-refractivity contribution in [2.75, 3.05) is 26.2 Å². The second kappa shape index (κ2) is 12.1. The van der Waals surface area contributed by atoms with E-state index < -0.39 is 12.1 Å². The second-order valence-corrected chi connectivity index (χ2v) is 11.5. The monoisotopic (exact) mass is 588 g/mol. The van der Waals surface area contributed by atoms with Crippen LogP contribution in [0, 0.1) is 0 Å². The molecule has 0 bridgehead atoms. The summed E-state index contributed by atoms with van der Waals surface area (Å²) in [6.45, 7) is 9.97. The molecule has 10 heteroatoms. The minimum Gasteiger partial charge on any atom is -0.458 e. The number of aryl methyl sites for hydroxylation is 1. The van der Waals surface area contributed by atoms with Crippen LogP contribution in [0.25, 0.3) is 22.3 Å². The van der Waals surface area contributed by atoms with Gasteiger partial charge in [-0.15, -0.1) is 0 Å². The molecule has 7 rings (SSSR count). The van der Waals surface area contributed by atoms with Crippen LogP contribution in [-0.4, -0.2) is 68.7 Å². The number of amides is 1. The van der Waals surface area contributed by atoms with Crippen LogP contribution in [0.1, 0.15) is 81.2 Å². The van der Waals surface area contributed by atoms with Crippen molar-refractivity contribution in [2.24, 2.45) is 0 Å². The van der Waals surface area contributed by atoms with E-state index in [9.17, 15) is 19.5 Å². The molecule has 6 heterocycles. The zero-order chi connectivity index (χ0) is 30.2. The van der Waals surface area contributed by atoms with Crippen molar-refractivity contribution in [3.63, 3.8) is 0 Å². The van der Waals surface area contributed by atoms with Gasteiger partial charge < -0.3 is 28.9 Å². The van der Waals surface area contributed by atoms with Gasteiger partial charge in [0.2, 0.25) is 0 Å². The zero-order valence-corrected chi connectivity index (χ0v) is 25.2. The zero-order valence-electron chi connectivity index (χ0n) is 25.2. The van der Waals surface area contributed by atoms with E-state index in [1.165, 1.54) is 32.4 Å². The molecule has 1 amide bonds. The Morgan fingerprint density at radius 1 is 1.05 bits per heavy atom. The molecule has 4 aliphatic heterocycles. The number of cyclic esters (lactones) is 1. The van der Waals surface area contributed by atoms with Crippen molar-refractivity contribution in [3.8, 4) is 17.1 Å². The van der Waals surface area contributed by atoms with Crippen LogP contribution in [0.5, 0.6) is 5.75 Å². The normalized spacial score (nSPS) is 20.0. The van der Waals surface area contributed by atoms with Gasteiger partial charge in [0.15, 0.2) is 6.10 Å². The van der Waals surface area contributed by atoms with Gasteiger partial charge in [-0.3, -0.25) is 4.79 Å². The van der Waals surface area contributed by atoms with Crippen LogP contribution in [0.4, 0.5) is 4.79 Å². The lowest BCUT2D eigenvalue weighted by atomic mass is 9.97. The highest BCUT2D eigenvalue weighted by atomic mass is 16.6. The molecule has 0 spiro atoms. The van der Waals surface area contributed by atoms with Crippen LogP contribution < -0.4 is 10.3 Å². The van der Waals surface area contributed by atoms with Crippen LogP contribution in [0.3, 0.4) is 0 Å². The molecule has 0 saturated carbocycles. The highest BCUT2D eigenvalue weighted by molar-refractivity contribution is 5.90. The van der Waals surface area contributed by atoms with E-state index in [0.717, 1.165) is 34.9 Å². The molecule has 0 unspecified atom stereocenters. The highest BCUT2D eigenvalue weighted by Gasteiger charge is 2.35. The SMILES string of the molecule is CC.CCc1c2c(nc3ccc(OC(=O)N4CCC(N5CCCCC5)CC4)cc13)-c1cc3c(c(=O)n1C2)COC(=O)[C@H]3O. The fourth-order valence-electron chi connectivity index (χ4n) is 7.02. The number of nitrogens with zero attached hydrogens (tertiary/aromatic N) is 4. The third kappa shape index (κ3) is 5.20. The first kappa shape index (κ1) is 29.3. The Morgan fingerprint density at radius 2 is 1.79 bits per heavy atom. The molecular formula is C33H40N4O6. The molecule has 1 aromatic carbocycles. The number of rotatable bonds is 3. The number of pyridine rings is 2. The second-order valence-electron chi connectivity index (χ2n) is 11.5. The predicted molar refractivity (Wildman–Crippen MR) is 162 cm³/mol. The van der Waals surface area contributed by atoms with Gasteiger partial charge in [0, 0.05) is 35.6 Å². The Balaban J connectivity index is 0.00000161. The van der Waals surface area contributed by atoms with Crippen LogP contribution >= 0.6 is 0 Å². The van der Waals surface area contributed by atoms with E-state index in [0.29, 0.717) is 54.8 Å². The molecule has 10 nitrogen and oxygen atoms in total. The van der Waals surface area contributed by atoms with Gasteiger partial charge in [0.05, 0.1) is 29.0 Å². The Bertz CT molecular complexity index is 1620. The fraction of sp³-hybridized carbons (Fsp3) is 0.515. The summed E-state index contributed by atoms with van der Waals surface area (Å²) < 4.78 is 12.5. The summed E-state index contributed by atoms with van der Waals surface area (Å²) in [6.07, 6.45) is 4.69. The molecule has 43 heavy (non-hydrogen) atoms. The van der Waals surface area contributed by atoms with E-state index in [-0.39, 0.29) is 23.8 Å². The average Bonchev–Trinajstić information content (AvgIpc) is 3.42. The number of aromatic nitrogens is 2. The molecule has 1 N–H and O–H groups in total. The third-order valence-electron chi connectivity index (χ3n) is 9.23. The van der Waals surface area contributed by atoms with Crippen molar-refractivity contribution in [3.05, 3.63) is 56.9 Å². The molecule has 1 atom stereocenters. The van der Waals surface area contributed by atoms with Gasteiger partial charge in [-0.05, 0) is 75.0 Å². The summed E-state index contributed by atoms with van der Waals surface area (Å²) in [5.74, 6) is -0.284. The molecule has 0 radical (unpaired) electrons. The van der Waals surface area contributed by atoms with E-state index in [2.05, 4.69) is 4.90 Å². The lowest BCUT2D eigenvalue weighted by Gasteiger charge is -2.39. The highest BCUT2D eigenvalue weighted by Crippen LogP contribution is 2.39. The number of likely N-dealkylation sites (tertiary alicyclic amines) is 2. The minimum atomic E-state index is -1.49. The quantitative estimate of drug-likeness (QED) is 0.347. The molecule has 2 saturated heterocycles. The molecule has 0 aliphatic carbocycles. The lowest BCUT2D eigenvalue weighted by Crippen LogP contribution is -2.48. The first-order valence-electron chi connectivity index (χ1n) is 15.7. The fourth-order valence-corrected chi connectivity index (χ4v) is 7.02. The smallest absolute Gasteiger partial charge is 0.415 e. The van der Waals surface area contributed by atoms with Crippen molar-refractivity contribution >= 4 is 23.0 Å². The first-order chi connectivity index (χ1) is 20.9. The summed E-state index contributed by atoms with van der Waals surface area (Å²) >= 11 is 0. The number of ether oxygens (including phenoxy) is 2. The largest absolute Gasteiger partial charge is 0.458 e. The summed E-state index contributed by atoms with van der Waals surface area (Å²) in [7, 11) is 0. The number of carbonyl (C=O) groups excluding carboxylic acids is 2. The summed E-state index contributed by atoms with van der Waals surface area (Å²) in [5, 5.41) is 11.3. The van der Waals surface area contributed by atoms with Crippen molar-refractivity contribution in [1.29, 1.82) is 0 Å². The Morgan fingerprint density at radius 3 is 2.51 bits per heavy atom. The molecule has 228 valence electrons. The van der Waals surface area contributed by atoms with Crippen LogP contribution in [0.2, 0.25) is 0 Å². The van der Waals surface area contributed by atoms with Crippen molar-refractivity contribution in [2.45, 2.75) is 84.6 Å². The summed E-state index contributed by atoms with van der Waals surface area (Å²) in [5.41, 5.74) is 4.22. The lowest BCUT2D eigenvalue weighted by molar-refractivity contribution is -0.157. The Kier molecular flexibility index (Phi) is 8.24. The topological polar surface area (TPSA) is 114 Å². The van der Waals surface area contributed by atoms with Gasteiger partial charge in [0.25, 0.3) is 5.56 Å². The van der Waals surface area contributed by atoms with Gasteiger partial charge >= 0.3 is 12.1 Å². The van der Waals surface area contributed by atoms with Gasteiger partial charge in [-0.25, -0.2) is 14.6 Å². The first-order valence-corrected chi connectivity index (χ1v) is 15.7. The number of aliphatic hydroxyl groups excluding tert-OH is 1. The van der Waals surface area contributed by atoms with Gasteiger partial charge in [-0.1, -0.05) is 27.2 Å². The third-order valence-corrected chi connectivity index (χ3v) is 9.23.